The van der Waals surface area contributed by atoms with Crippen molar-refractivity contribution in [2.45, 2.75) is 20.4 Å². The van der Waals surface area contributed by atoms with Crippen molar-refractivity contribution in [2.75, 3.05) is 0 Å². The van der Waals surface area contributed by atoms with E-state index in [4.69, 9.17) is 4.42 Å². The third-order valence-electron chi connectivity index (χ3n) is 3.66. The van der Waals surface area contributed by atoms with Gasteiger partial charge in [-0.05, 0) is 26.0 Å². The summed E-state index contributed by atoms with van der Waals surface area (Å²) in [4.78, 5) is 27.7. The zero-order valence-corrected chi connectivity index (χ0v) is 14.5. The molecule has 2 aromatic heterocycles. The number of benzene rings is 1. The van der Waals surface area contributed by atoms with Crippen LogP contribution in [0.4, 0.5) is 5.69 Å². The molecule has 0 radical (unpaired) electrons. The number of furan rings is 1. The molecule has 128 valence electrons. The number of amides is 1. The number of nitrogens with zero attached hydrogens (tertiary/aromatic N) is 3. The number of thiazole rings is 1. The molecule has 0 unspecified atom stereocenters. The molecule has 0 aliphatic rings. The SMILES string of the molecule is C=CCn1c(=NC(=O)c2cc(C)oc2C)sc2cc([N+](=O)[O-])ccc21. The second-order valence-electron chi connectivity index (χ2n) is 5.44. The second-order valence-corrected chi connectivity index (χ2v) is 6.45. The third kappa shape index (κ3) is 3.16. The molecule has 0 atom stereocenters. The first-order valence-corrected chi connectivity index (χ1v) is 8.27. The molecule has 0 fully saturated rings. The predicted molar refractivity (Wildman–Crippen MR) is 94.7 cm³/mol. The van der Waals surface area contributed by atoms with E-state index in [2.05, 4.69) is 11.6 Å². The summed E-state index contributed by atoms with van der Waals surface area (Å²) in [6.45, 7) is 7.63. The van der Waals surface area contributed by atoms with Gasteiger partial charge < -0.3 is 8.98 Å². The van der Waals surface area contributed by atoms with Crippen LogP contribution in [0, 0.1) is 24.0 Å². The van der Waals surface area contributed by atoms with Gasteiger partial charge in [-0.1, -0.05) is 17.4 Å². The fourth-order valence-electron chi connectivity index (χ4n) is 2.56. The Kier molecular flexibility index (Phi) is 4.37. The van der Waals surface area contributed by atoms with E-state index in [0.29, 0.717) is 33.1 Å². The Hall–Kier alpha value is -3.00. The van der Waals surface area contributed by atoms with Gasteiger partial charge in [0.1, 0.15) is 11.5 Å². The van der Waals surface area contributed by atoms with Gasteiger partial charge in [0.2, 0.25) is 0 Å². The van der Waals surface area contributed by atoms with E-state index in [1.54, 1.807) is 36.6 Å². The van der Waals surface area contributed by atoms with Crippen molar-refractivity contribution in [3.63, 3.8) is 0 Å². The van der Waals surface area contributed by atoms with E-state index < -0.39 is 10.8 Å². The van der Waals surface area contributed by atoms with Crippen molar-refractivity contribution in [1.29, 1.82) is 0 Å². The molecule has 7 nitrogen and oxygen atoms in total. The minimum absolute atomic E-state index is 0.00122. The van der Waals surface area contributed by atoms with E-state index in [9.17, 15) is 14.9 Å². The lowest BCUT2D eigenvalue weighted by atomic mass is 10.2. The van der Waals surface area contributed by atoms with Crippen LogP contribution in [0.25, 0.3) is 10.2 Å². The van der Waals surface area contributed by atoms with Crippen LogP contribution in [0.3, 0.4) is 0 Å². The molecule has 1 aromatic carbocycles. The van der Waals surface area contributed by atoms with E-state index in [-0.39, 0.29) is 5.69 Å². The maximum Gasteiger partial charge on any atom is 0.283 e. The Bertz CT molecular complexity index is 1070. The number of fused-ring (bicyclic) bond motifs is 1. The Morgan fingerprint density at radius 2 is 2.20 bits per heavy atom. The third-order valence-corrected chi connectivity index (χ3v) is 4.70. The Morgan fingerprint density at radius 1 is 1.44 bits per heavy atom. The number of allylic oxidation sites excluding steroid dienone is 1. The summed E-state index contributed by atoms with van der Waals surface area (Å²) in [5.74, 6) is 0.744. The van der Waals surface area contributed by atoms with Crippen LogP contribution in [-0.4, -0.2) is 15.4 Å². The van der Waals surface area contributed by atoms with Crippen molar-refractivity contribution in [3.8, 4) is 0 Å². The fraction of sp³-hybridized carbons (Fsp3) is 0.176. The number of nitro groups is 1. The molecule has 8 heteroatoms. The number of non-ortho nitro benzene ring substituents is 1. The lowest BCUT2D eigenvalue weighted by Gasteiger charge is -2.00. The molecule has 0 aliphatic heterocycles. The Morgan fingerprint density at radius 3 is 2.80 bits per heavy atom. The summed E-state index contributed by atoms with van der Waals surface area (Å²) >= 11 is 1.22. The van der Waals surface area contributed by atoms with Gasteiger partial charge in [-0.15, -0.1) is 6.58 Å². The van der Waals surface area contributed by atoms with Gasteiger partial charge in [0, 0.05) is 18.7 Å². The van der Waals surface area contributed by atoms with Crippen molar-refractivity contribution in [3.05, 3.63) is 68.9 Å². The predicted octanol–water partition coefficient (Wildman–Crippen LogP) is 3.75. The first-order valence-electron chi connectivity index (χ1n) is 7.45. The number of carbonyl (C=O) groups is 1. The van der Waals surface area contributed by atoms with Crippen LogP contribution in [0.2, 0.25) is 0 Å². The molecule has 2 heterocycles. The lowest BCUT2D eigenvalue weighted by molar-refractivity contribution is -0.384. The topological polar surface area (TPSA) is 90.6 Å². The number of hydrogen-bond donors (Lipinski definition) is 0. The maximum atomic E-state index is 12.5. The summed E-state index contributed by atoms with van der Waals surface area (Å²) < 4.78 is 7.86. The largest absolute Gasteiger partial charge is 0.466 e. The molecule has 3 aromatic rings. The molecule has 0 spiro atoms. The number of nitro benzene ring substituents is 1. The number of aromatic nitrogens is 1. The normalized spacial score (nSPS) is 11.8. The molecule has 0 saturated heterocycles. The smallest absolute Gasteiger partial charge is 0.283 e. The summed E-state index contributed by atoms with van der Waals surface area (Å²) in [5.41, 5.74) is 1.17. The summed E-state index contributed by atoms with van der Waals surface area (Å²) in [6.07, 6.45) is 1.68. The van der Waals surface area contributed by atoms with Gasteiger partial charge in [-0.25, -0.2) is 0 Å². The van der Waals surface area contributed by atoms with Gasteiger partial charge in [0.25, 0.3) is 11.6 Å². The highest BCUT2D eigenvalue weighted by atomic mass is 32.1. The highest BCUT2D eigenvalue weighted by molar-refractivity contribution is 7.16. The van der Waals surface area contributed by atoms with Crippen LogP contribution >= 0.6 is 11.3 Å². The number of hydrogen-bond acceptors (Lipinski definition) is 5. The lowest BCUT2D eigenvalue weighted by Crippen LogP contribution is -2.16. The van der Waals surface area contributed by atoms with Crippen molar-refractivity contribution >= 4 is 33.1 Å². The zero-order valence-electron chi connectivity index (χ0n) is 13.7. The maximum absolute atomic E-state index is 12.5. The quantitative estimate of drug-likeness (QED) is 0.404. The standard InChI is InChI=1S/C17H15N3O4S/c1-4-7-19-14-6-5-12(20(22)23)9-15(14)25-17(19)18-16(21)13-8-10(2)24-11(13)3/h4-6,8-9H,1,7H2,2-3H3. The number of aryl methyl sites for hydroxylation is 2. The van der Waals surface area contributed by atoms with Crippen LogP contribution in [-0.2, 0) is 6.54 Å². The minimum Gasteiger partial charge on any atom is -0.466 e. The monoisotopic (exact) mass is 357 g/mol. The average molecular weight is 357 g/mol. The molecule has 0 saturated carbocycles. The first-order chi connectivity index (χ1) is 11.9. The van der Waals surface area contributed by atoms with Crippen molar-refractivity contribution in [1.82, 2.24) is 4.57 Å². The zero-order chi connectivity index (χ0) is 18.1. The van der Waals surface area contributed by atoms with Crippen LogP contribution < -0.4 is 4.80 Å². The van der Waals surface area contributed by atoms with Crippen molar-refractivity contribution < 1.29 is 14.1 Å². The second kappa shape index (κ2) is 6.48. The van der Waals surface area contributed by atoms with E-state index in [1.165, 1.54) is 23.5 Å². The van der Waals surface area contributed by atoms with E-state index >= 15 is 0 Å². The molecular weight excluding hydrogens is 342 g/mol. The molecule has 0 aliphatic carbocycles. The molecular formula is C17H15N3O4S. The summed E-state index contributed by atoms with van der Waals surface area (Å²) in [5, 5.41) is 11.0. The van der Waals surface area contributed by atoms with Crippen LogP contribution in [0.5, 0.6) is 0 Å². The average Bonchev–Trinajstić information content (AvgIpc) is 3.07. The van der Waals surface area contributed by atoms with Crippen LogP contribution in [0.1, 0.15) is 21.9 Å². The van der Waals surface area contributed by atoms with Gasteiger partial charge >= 0.3 is 0 Å². The molecule has 1 amide bonds. The molecule has 25 heavy (non-hydrogen) atoms. The van der Waals surface area contributed by atoms with Crippen LogP contribution in [0.15, 0.2) is 46.3 Å². The summed E-state index contributed by atoms with van der Waals surface area (Å²) in [7, 11) is 0. The Labute approximate surface area is 146 Å². The van der Waals surface area contributed by atoms with Gasteiger partial charge in [0.15, 0.2) is 4.80 Å². The van der Waals surface area contributed by atoms with Gasteiger partial charge in [-0.2, -0.15) is 4.99 Å². The van der Waals surface area contributed by atoms with E-state index in [1.807, 2.05) is 0 Å². The highest BCUT2D eigenvalue weighted by Crippen LogP contribution is 2.23. The minimum atomic E-state index is -0.448. The fourth-order valence-corrected chi connectivity index (χ4v) is 3.63. The molecule has 0 N–H and O–H groups in total. The number of carbonyl (C=O) groups excluding carboxylic acids is 1. The van der Waals surface area contributed by atoms with E-state index in [0.717, 1.165) is 5.52 Å². The Balaban J connectivity index is 2.18. The molecule has 3 rings (SSSR count). The van der Waals surface area contributed by atoms with Gasteiger partial charge in [-0.3, -0.25) is 14.9 Å². The molecule has 0 bridgehead atoms. The summed E-state index contributed by atoms with van der Waals surface area (Å²) in [6, 6.07) is 6.22. The first kappa shape index (κ1) is 16.8. The van der Waals surface area contributed by atoms with Crippen molar-refractivity contribution in [2.24, 2.45) is 4.99 Å². The number of rotatable bonds is 4. The highest BCUT2D eigenvalue weighted by Gasteiger charge is 2.15. The van der Waals surface area contributed by atoms with Gasteiger partial charge in [0.05, 0.1) is 20.7 Å².